The van der Waals surface area contributed by atoms with Gasteiger partial charge in [-0.05, 0) is 30.5 Å². The second-order valence-corrected chi connectivity index (χ2v) is 7.99. The molecule has 1 aliphatic rings. The van der Waals surface area contributed by atoms with Crippen LogP contribution in [-0.2, 0) is 14.8 Å². The Morgan fingerprint density at radius 3 is 2.25 bits per heavy atom. The monoisotopic (exact) mass is 354 g/mol. The number of hydrogen-bond acceptors (Lipinski definition) is 4. The minimum absolute atomic E-state index is 0.00568. The van der Waals surface area contributed by atoms with Gasteiger partial charge in [0.1, 0.15) is 5.75 Å². The molecule has 0 unspecified atom stereocenters. The predicted octanol–water partition coefficient (Wildman–Crippen LogP) is 2.08. The molecule has 134 valence electrons. The highest BCUT2D eigenvalue weighted by molar-refractivity contribution is 7.88. The van der Waals surface area contributed by atoms with Gasteiger partial charge in [-0.1, -0.05) is 25.0 Å². The highest BCUT2D eigenvalue weighted by atomic mass is 32.2. The summed E-state index contributed by atoms with van der Waals surface area (Å²) in [7, 11) is -1.85. The van der Waals surface area contributed by atoms with Crippen molar-refractivity contribution in [1.29, 1.82) is 0 Å². The van der Waals surface area contributed by atoms with Crippen molar-refractivity contribution in [2.75, 3.05) is 26.5 Å². The standard InChI is InChI=1S/C17H26N2O4S/c1-23-15-9-7-14(8-10-15)16(18-24(2,21)22)13-17(20)19-11-5-3-4-6-12-19/h7-10,16,18H,3-6,11-13H2,1-2H3/t16-/m1/s1. The lowest BCUT2D eigenvalue weighted by molar-refractivity contribution is -0.131. The van der Waals surface area contributed by atoms with Gasteiger partial charge in [0.05, 0.1) is 19.4 Å². The summed E-state index contributed by atoms with van der Waals surface area (Å²) in [6, 6.07) is 6.54. The molecule has 1 atom stereocenters. The van der Waals surface area contributed by atoms with E-state index in [0.717, 1.165) is 50.6 Å². The van der Waals surface area contributed by atoms with Crippen LogP contribution in [0.25, 0.3) is 0 Å². The smallest absolute Gasteiger partial charge is 0.224 e. The van der Waals surface area contributed by atoms with Crippen LogP contribution in [0.5, 0.6) is 5.75 Å². The average molecular weight is 354 g/mol. The number of rotatable bonds is 6. The van der Waals surface area contributed by atoms with Gasteiger partial charge in [-0.2, -0.15) is 0 Å². The molecule has 1 saturated heterocycles. The van der Waals surface area contributed by atoms with Crippen molar-refractivity contribution in [2.45, 2.75) is 38.1 Å². The van der Waals surface area contributed by atoms with Gasteiger partial charge in [-0.25, -0.2) is 13.1 Å². The number of carbonyl (C=O) groups excluding carboxylic acids is 1. The zero-order valence-corrected chi connectivity index (χ0v) is 15.1. The maximum Gasteiger partial charge on any atom is 0.224 e. The first-order valence-electron chi connectivity index (χ1n) is 8.28. The zero-order valence-electron chi connectivity index (χ0n) is 14.3. The number of amides is 1. The van der Waals surface area contributed by atoms with Crippen molar-refractivity contribution in [1.82, 2.24) is 9.62 Å². The minimum Gasteiger partial charge on any atom is -0.497 e. The fourth-order valence-corrected chi connectivity index (χ4v) is 3.68. The molecule has 2 rings (SSSR count). The normalized spacial score (nSPS) is 17.2. The maximum absolute atomic E-state index is 12.6. The largest absolute Gasteiger partial charge is 0.497 e. The molecular formula is C17H26N2O4S. The Hall–Kier alpha value is -1.60. The van der Waals surface area contributed by atoms with Crippen LogP contribution in [0.4, 0.5) is 0 Å². The molecule has 0 aliphatic carbocycles. The fraction of sp³-hybridized carbons (Fsp3) is 0.588. The number of ether oxygens (including phenoxy) is 1. The highest BCUT2D eigenvalue weighted by Gasteiger charge is 2.23. The van der Waals surface area contributed by atoms with Crippen LogP contribution in [0.15, 0.2) is 24.3 Å². The van der Waals surface area contributed by atoms with Gasteiger partial charge in [-0.3, -0.25) is 4.79 Å². The van der Waals surface area contributed by atoms with Crippen molar-refractivity contribution in [3.05, 3.63) is 29.8 Å². The van der Waals surface area contributed by atoms with Gasteiger partial charge in [0.25, 0.3) is 0 Å². The molecule has 0 radical (unpaired) electrons. The highest BCUT2D eigenvalue weighted by Crippen LogP contribution is 2.23. The van der Waals surface area contributed by atoms with Crippen molar-refractivity contribution in [3.63, 3.8) is 0 Å². The van der Waals surface area contributed by atoms with E-state index in [-0.39, 0.29) is 12.3 Å². The Labute approximate surface area is 144 Å². The van der Waals surface area contributed by atoms with E-state index in [1.807, 2.05) is 4.90 Å². The quantitative estimate of drug-likeness (QED) is 0.849. The lowest BCUT2D eigenvalue weighted by Crippen LogP contribution is -2.36. The summed E-state index contributed by atoms with van der Waals surface area (Å²) in [5.74, 6) is 0.685. The van der Waals surface area contributed by atoms with E-state index in [4.69, 9.17) is 4.74 Å². The molecule has 1 amide bonds. The first-order valence-corrected chi connectivity index (χ1v) is 10.2. The molecule has 0 saturated carbocycles. The van der Waals surface area contributed by atoms with Gasteiger partial charge in [0.15, 0.2) is 0 Å². The molecule has 1 N–H and O–H groups in total. The third kappa shape index (κ3) is 5.79. The molecule has 1 aliphatic heterocycles. The molecule has 24 heavy (non-hydrogen) atoms. The number of nitrogens with zero attached hydrogens (tertiary/aromatic N) is 1. The number of nitrogens with one attached hydrogen (secondary N) is 1. The SMILES string of the molecule is COc1ccc([C@@H](CC(=O)N2CCCCCC2)NS(C)(=O)=O)cc1. The van der Waals surface area contributed by atoms with Gasteiger partial charge >= 0.3 is 0 Å². The van der Waals surface area contributed by atoms with Crippen molar-refractivity contribution < 1.29 is 17.9 Å². The summed E-state index contributed by atoms with van der Waals surface area (Å²) < 4.78 is 31.1. The van der Waals surface area contributed by atoms with Gasteiger partial charge in [0.2, 0.25) is 15.9 Å². The van der Waals surface area contributed by atoms with E-state index in [1.54, 1.807) is 31.4 Å². The summed E-state index contributed by atoms with van der Waals surface area (Å²) in [6.07, 6.45) is 5.55. The van der Waals surface area contributed by atoms with Gasteiger partial charge < -0.3 is 9.64 Å². The Kier molecular flexibility index (Phi) is 6.62. The van der Waals surface area contributed by atoms with Crippen LogP contribution in [0.1, 0.15) is 43.7 Å². The van der Waals surface area contributed by atoms with Crippen molar-refractivity contribution in [3.8, 4) is 5.75 Å². The number of benzene rings is 1. The summed E-state index contributed by atoms with van der Waals surface area (Å²) in [6.45, 7) is 1.51. The lowest BCUT2D eigenvalue weighted by Gasteiger charge is -2.24. The average Bonchev–Trinajstić information content (AvgIpc) is 2.82. The molecule has 1 fully saturated rings. The molecule has 0 bridgehead atoms. The third-order valence-electron chi connectivity index (χ3n) is 4.21. The Morgan fingerprint density at radius 2 is 1.75 bits per heavy atom. The summed E-state index contributed by atoms with van der Waals surface area (Å²) >= 11 is 0. The molecule has 0 aromatic heterocycles. The van der Waals surface area contributed by atoms with Crippen molar-refractivity contribution >= 4 is 15.9 Å². The van der Waals surface area contributed by atoms with E-state index in [1.165, 1.54) is 0 Å². The van der Waals surface area contributed by atoms with Crippen LogP contribution < -0.4 is 9.46 Å². The zero-order chi connectivity index (χ0) is 17.6. The number of methoxy groups -OCH3 is 1. The first kappa shape index (κ1) is 18.7. The van der Waals surface area contributed by atoms with Crippen LogP contribution in [0, 0.1) is 0 Å². The molecule has 6 nitrogen and oxygen atoms in total. The van der Waals surface area contributed by atoms with Crippen LogP contribution in [-0.4, -0.2) is 45.7 Å². The number of carbonyl (C=O) groups is 1. The molecular weight excluding hydrogens is 328 g/mol. The Bertz CT molecular complexity index is 635. The van der Waals surface area contributed by atoms with Gasteiger partial charge in [0, 0.05) is 19.5 Å². The van der Waals surface area contributed by atoms with E-state index in [0.29, 0.717) is 5.75 Å². The molecule has 1 heterocycles. The Balaban J connectivity index is 2.14. The van der Waals surface area contributed by atoms with E-state index in [2.05, 4.69) is 4.72 Å². The van der Waals surface area contributed by atoms with Crippen LogP contribution >= 0.6 is 0 Å². The van der Waals surface area contributed by atoms with Crippen LogP contribution in [0.3, 0.4) is 0 Å². The minimum atomic E-state index is -3.42. The molecule has 1 aromatic carbocycles. The second-order valence-electron chi connectivity index (χ2n) is 6.21. The Morgan fingerprint density at radius 1 is 1.17 bits per heavy atom. The topological polar surface area (TPSA) is 75.7 Å². The summed E-state index contributed by atoms with van der Waals surface area (Å²) in [5.41, 5.74) is 0.754. The maximum atomic E-state index is 12.6. The number of sulfonamides is 1. The second kappa shape index (κ2) is 8.48. The molecule has 7 heteroatoms. The molecule has 0 spiro atoms. The molecule has 1 aromatic rings. The predicted molar refractivity (Wildman–Crippen MR) is 93.4 cm³/mol. The number of likely N-dealkylation sites (tertiary alicyclic amines) is 1. The fourth-order valence-electron chi connectivity index (χ4n) is 2.95. The van der Waals surface area contributed by atoms with Crippen LogP contribution in [0.2, 0.25) is 0 Å². The van der Waals surface area contributed by atoms with Gasteiger partial charge in [-0.15, -0.1) is 0 Å². The van der Waals surface area contributed by atoms with E-state index < -0.39 is 16.1 Å². The lowest BCUT2D eigenvalue weighted by atomic mass is 10.0. The summed E-state index contributed by atoms with van der Waals surface area (Å²) in [5, 5.41) is 0. The van der Waals surface area contributed by atoms with E-state index in [9.17, 15) is 13.2 Å². The first-order chi connectivity index (χ1) is 11.4. The van der Waals surface area contributed by atoms with Crippen molar-refractivity contribution in [2.24, 2.45) is 0 Å². The third-order valence-corrected chi connectivity index (χ3v) is 4.92. The van der Waals surface area contributed by atoms with E-state index >= 15 is 0 Å². The number of hydrogen-bond donors (Lipinski definition) is 1. The summed E-state index contributed by atoms with van der Waals surface area (Å²) in [4.78, 5) is 14.5.